The lowest BCUT2D eigenvalue weighted by atomic mass is 10.3. The Morgan fingerprint density at radius 2 is 1.73 bits per heavy atom. The largest absolute Gasteiger partial charge is 0.340 e. The Morgan fingerprint density at radius 1 is 1.20 bits per heavy atom. The van der Waals surface area contributed by atoms with Crippen molar-refractivity contribution in [2.24, 2.45) is 0 Å². The fraction of sp³-hybridized carbons (Fsp3) is 0.917. The summed E-state index contributed by atoms with van der Waals surface area (Å²) in [6.07, 6.45) is 2.31. The predicted molar refractivity (Wildman–Crippen MR) is 67.1 cm³/mol. The molecule has 3 nitrogen and oxygen atoms in total. The molecule has 0 aromatic rings. The number of rotatable bonds is 2. The number of hydrogen-bond acceptors (Lipinski definition) is 2. The van der Waals surface area contributed by atoms with Crippen LogP contribution in [0.15, 0.2) is 0 Å². The number of amides is 1. The van der Waals surface area contributed by atoms with E-state index < -0.39 is 0 Å². The van der Waals surface area contributed by atoms with Gasteiger partial charge in [0.1, 0.15) is 0 Å². The Balaban J connectivity index is 0. The topological polar surface area (TPSA) is 23.6 Å². The van der Waals surface area contributed by atoms with Crippen molar-refractivity contribution in [3.05, 3.63) is 0 Å². The van der Waals surface area contributed by atoms with Crippen molar-refractivity contribution in [2.75, 3.05) is 33.2 Å². The van der Waals surface area contributed by atoms with E-state index >= 15 is 0 Å². The van der Waals surface area contributed by atoms with Crippen molar-refractivity contribution < 1.29 is 4.79 Å². The Morgan fingerprint density at radius 3 is 2.13 bits per heavy atom. The van der Waals surface area contributed by atoms with E-state index in [1.165, 1.54) is 6.42 Å². The second-order valence-corrected chi connectivity index (χ2v) is 3.83. The minimum atomic E-state index is 0. The molecule has 1 saturated heterocycles. The third-order valence-electron chi connectivity index (χ3n) is 2.00. The first-order valence-electron chi connectivity index (χ1n) is 5.61. The molecule has 1 aliphatic heterocycles. The molecule has 0 N–H and O–H groups in total. The van der Waals surface area contributed by atoms with Gasteiger partial charge in [-0.05, 0) is 13.5 Å². The fourth-order valence-electron chi connectivity index (χ4n) is 1.33. The quantitative estimate of drug-likeness (QED) is 0.706. The highest BCUT2D eigenvalue weighted by atomic mass is 16.2. The lowest BCUT2D eigenvalue weighted by Gasteiger charge is -2.31. The molecular formula is C12H28N2O. The van der Waals surface area contributed by atoms with Gasteiger partial charge in [0.05, 0.1) is 6.54 Å². The number of likely N-dealkylation sites (N-methyl/N-ethyl adjacent to an activating group) is 1. The average molecular weight is 216 g/mol. The number of piperazine rings is 1. The average Bonchev–Trinajstić information content (AvgIpc) is 2.11. The van der Waals surface area contributed by atoms with Gasteiger partial charge in [-0.3, -0.25) is 9.69 Å². The van der Waals surface area contributed by atoms with Gasteiger partial charge in [-0.1, -0.05) is 34.6 Å². The molecule has 1 rings (SSSR count). The van der Waals surface area contributed by atoms with Gasteiger partial charge in [-0.2, -0.15) is 0 Å². The molecule has 0 aliphatic carbocycles. The third-order valence-corrected chi connectivity index (χ3v) is 2.00. The van der Waals surface area contributed by atoms with Gasteiger partial charge in [0.25, 0.3) is 0 Å². The summed E-state index contributed by atoms with van der Waals surface area (Å²) in [7, 11) is 1.99. The zero-order chi connectivity index (χ0) is 11.0. The number of carbonyl (C=O) groups excluding carboxylic acids is 1. The highest BCUT2D eigenvalue weighted by Crippen LogP contribution is 2.00. The minimum absolute atomic E-state index is 0. The second kappa shape index (κ2) is 9.97. The van der Waals surface area contributed by atoms with Crippen LogP contribution in [-0.2, 0) is 4.79 Å². The molecule has 0 unspecified atom stereocenters. The maximum Gasteiger partial charge on any atom is 0.236 e. The number of hydrogen-bond donors (Lipinski definition) is 0. The molecule has 0 atom stereocenters. The maximum atomic E-state index is 11.3. The zero-order valence-corrected chi connectivity index (χ0v) is 10.0. The molecule has 0 radical (unpaired) electrons. The fourth-order valence-corrected chi connectivity index (χ4v) is 1.33. The summed E-state index contributed by atoms with van der Waals surface area (Å²) in [4.78, 5) is 15.3. The second-order valence-electron chi connectivity index (χ2n) is 3.83. The SMILES string of the molecule is C.CCC.CCCN1CCN(C)CC1=O. The predicted octanol–water partition coefficient (Wildman–Crippen LogP) is 2.22. The molecule has 1 heterocycles. The highest BCUT2D eigenvalue weighted by Gasteiger charge is 2.19. The summed E-state index contributed by atoms with van der Waals surface area (Å²) in [6, 6.07) is 0. The van der Waals surface area contributed by atoms with Crippen LogP contribution in [0, 0.1) is 0 Å². The first-order chi connectivity index (χ1) is 6.65. The van der Waals surface area contributed by atoms with Crippen LogP contribution in [0.4, 0.5) is 0 Å². The normalized spacial score (nSPS) is 16.5. The van der Waals surface area contributed by atoms with Crippen LogP contribution in [0.3, 0.4) is 0 Å². The first kappa shape index (κ1) is 16.8. The van der Waals surface area contributed by atoms with Crippen LogP contribution in [0.2, 0.25) is 0 Å². The summed E-state index contributed by atoms with van der Waals surface area (Å²) in [6.45, 7) is 9.80. The molecule has 92 valence electrons. The lowest BCUT2D eigenvalue weighted by Crippen LogP contribution is -2.48. The van der Waals surface area contributed by atoms with Crippen molar-refractivity contribution in [1.29, 1.82) is 0 Å². The van der Waals surface area contributed by atoms with E-state index in [9.17, 15) is 4.79 Å². The molecule has 0 saturated carbocycles. The summed E-state index contributed by atoms with van der Waals surface area (Å²) in [5.41, 5.74) is 0. The molecule has 3 heteroatoms. The Labute approximate surface area is 95.4 Å². The molecule has 1 fully saturated rings. The van der Waals surface area contributed by atoms with E-state index in [1.807, 2.05) is 11.9 Å². The van der Waals surface area contributed by atoms with E-state index in [0.29, 0.717) is 6.54 Å². The maximum absolute atomic E-state index is 11.3. The minimum Gasteiger partial charge on any atom is -0.340 e. The molecule has 1 amide bonds. The van der Waals surface area contributed by atoms with Crippen LogP contribution in [0.5, 0.6) is 0 Å². The van der Waals surface area contributed by atoms with Crippen molar-refractivity contribution in [1.82, 2.24) is 9.80 Å². The summed E-state index contributed by atoms with van der Waals surface area (Å²) in [5.74, 6) is 0.278. The van der Waals surface area contributed by atoms with Crippen LogP contribution < -0.4 is 0 Å². The highest BCUT2D eigenvalue weighted by molar-refractivity contribution is 5.78. The van der Waals surface area contributed by atoms with Crippen LogP contribution in [-0.4, -0.2) is 48.9 Å². The van der Waals surface area contributed by atoms with Gasteiger partial charge in [-0.25, -0.2) is 0 Å². The van der Waals surface area contributed by atoms with Gasteiger partial charge in [-0.15, -0.1) is 0 Å². The number of nitrogens with zero attached hydrogens (tertiary/aromatic N) is 2. The van der Waals surface area contributed by atoms with Crippen molar-refractivity contribution >= 4 is 5.91 Å². The van der Waals surface area contributed by atoms with Gasteiger partial charge in [0.15, 0.2) is 0 Å². The van der Waals surface area contributed by atoms with Gasteiger partial charge >= 0.3 is 0 Å². The Kier molecular flexibility index (Phi) is 11.2. The molecular weight excluding hydrogens is 188 g/mol. The van der Waals surface area contributed by atoms with Crippen LogP contribution in [0.25, 0.3) is 0 Å². The van der Waals surface area contributed by atoms with Crippen molar-refractivity contribution in [2.45, 2.75) is 41.0 Å². The monoisotopic (exact) mass is 216 g/mol. The van der Waals surface area contributed by atoms with Crippen molar-refractivity contribution in [3.8, 4) is 0 Å². The zero-order valence-electron chi connectivity index (χ0n) is 10.0. The summed E-state index contributed by atoms with van der Waals surface area (Å²) in [5, 5.41) is 0. The van der Waals surface area contributed by atoms with Crippen LogP contribution >= 0.6 is 0 Å². The molecule has 0 bridgehead atoms. The van der Waals surface area contributed by atoms with Gasteiger partial charge in [0, 0.05) is 19.6 Å². The first-order valence-corrected chi connectivity index (χ1v) is 5.61. The van der Waals surface area contributed by atoms with Crippen molar-refractivity contribution in [3.63, 3.8) is 0 Å². The summed E-state index contributed by atoms with van der Waals surface area (Å²) >= 11 is 0. The smallest absolute Gasteiger partial charge is 0.236 e. The van der Waals surface area contributed by atoms with E-state index in [1.54, 1.807) is 0 Å². The van der Waals surface area contributed by atoms with Gasteiger partial charge < -0.3 is 4.90 Å². The van der Waals surface area contributed by atoms with E-state index in [4.69, 9.17) is 0 Å². The molecule has 0 aromatic carbocycles. The molecule has 1 aliphatic rings. The summed E-state index contributed by atoms with van der Waals surface area (Å²) < 4.78 is 0. The Bertz CT molecular complexity index is 160. The third kappa shape index (κ3) is 7.37. The molecule has 15 heavy (non-hydrogen) atoms. The standard InChI is InChI=1S/C8H16N2O.C3H8.CH4/c1-3-4-10-6-5-9(2)7-8(10)11;1-3-2;/h3-7H2,1-2H3;3H2,1-2H3;1H4. The lowest BCUT2D eigenvalue weighted by molar-refractivity contribution is -0.135. The van der Waals surface area contributed by atoms with Gasteiger partial charge in [0.2, 0.25) is 5.91 Å². The van der Waals surface area contributed by atoms with E-state index in [0.717, 1.165) is 26.1 Å². The molecule has 0 spiro atoms. The van der Waals surface area contributed by atoms with E-state index in [2.05, 4.69) is 25.7 Å². The van der Waals surface area contributed by atoms with E-state index in [-0.39, 0.29) is 13.3 Å². The molecule has 0 aromatic heterocycles. The Hall–Kier alpha value is -0.570. The van der Waals surface area contributed by atoms with Crippen LogP contribution in [0.1, 0.15) is 41.0 Å². The number of carbonyl (C=O) groups is 1.